The first-order valence-electron chi connectivity index (χ1n) is 7.42. The van der Waals surface area contributed by atoms with Crippen LogP contribution in [0, 0.1) is 5.92 Å². The molecule has 1 atom stereocenters. The molecule has 0 aliphatic rings. The van der Waals surface area contributed by atoms with Crippen LogP contribution in [0.2, 0.25) is 0 Å². The molecule has 104 valence electrons. The Morgan fingerprint density at radius 3 is 2.39 bits per heavy atom. The van der Waals surface area contributed by atoms with Gasteiger partial charge >= 0.3 is 0 Å². The van der Waals surface area contributed by atoms with Gasteiger partial charge in [0.2, 0.25) is 0 Å². The van der Waals surface area contributed by atoms with Gasteiger partial charge in [-0.3, -0.25) is 4.98 Å². The standard InChI is InChI=1S/C15H28N2S/c1-4-7-13(8-5-2)15(17-9-6-3)10-14-11-16-12-18-14/h11-13,15,17H,4-10H2,1-3H3. The molecule has 0 saturated carbocycles. The van der Waals surface area contributed by atoms with E-state index in [4.69, 9.17) is 0 Å². The molecular formula is C15H28N2S. The minimum Gasteiger partial charge on any atom is -0.313 e. The van der Waals surface area contributed by atoms with Crippen LogP contribution in [-0.4, -0.2) is 17.6 Å². The molecule has 18 heavy (non-hydrogen) atoms. The molecule has 0 fully saturated rings. The fourth-order valence-corrected chi connectivity index (χ4v) is 3.24. The van der Waals surface area contributed by atoms with Gasteiger partial charge in [-0.1, -0.05) is 33.6 Å². The lowest BCUT2D eigenvalue weighted by atomic mass is 9.88. The number of hydrogen-bond donors (Lipinski definition) is 1. The van der Waals surface area contributed by atoms with Gasteiger partial charge < -0.3 is 5.32 Å². The lowest BCUT2D eigenvalue weighted by Crippen LogP contribution is -2.38. The van der Waals surface area contributed by atoms with Gasteiger partial charge in [0.25, 0.3) is 0 Å². The summed E-state index contributed by atoms with van der Waals surface area (Å²) in [7, 11) is 0. The van der Waals surface area contributed by atoms with Crippen molar-refractivity contribution in [1.29, 1.82) is 0 Å². The Hall–Kier alpha value is -0.410. The minimum atomic E-state index is 0.630. The van der Waals surface area contributed by atoms with E-state index in [0.29, 0.717) is 6.04 Å². The van der Waals surface area contributed by atoms with Crippen LogP contribution in [0.1, 0.15) is 57.8 Å². The number of hydrogen-bond acceptors (Lipinski definition) is 3. The molecule has 0 aliphatic heterocycles. The Labute approximate surface area is 116 Å². The van der Waals surface area contributed by atoms with Crippen molar-refractivity contribution in [2.45, 2.75) is 65.3 Å². The zero-order chi connectivity index (χ0) is 13.2. The van der Waals surface area contributed by atoms with Gasteiger partial charge in [0.1, 0.15) is 0 Å². The molecule has 0 aromatic carbocycles. The lowest BCUT2D eigenvalue weighted by molar-refractivity contribution is 0.310. The van der Waals surface area contributed by atoms with Crippen LogP contribution >= 0.6 is 11.3 Å². The van der Waals surface area contributed by atoms with Crippen LogP contribution < -0.4 is 5.32 Å². The van der Waals surface area contributed by atoms with Crippen LogP contribution in [-0.2, 0) is 6.42 Å². The molecule has 0 aliphatic carbocycles. The molecular weight excluding hydrogens is 240 g/mol. The Kier molecular flexibility index (Phi) is 8.27. The summed E-state index contributed by atoms with van der Waals surface area (Å²) in [6, 6.07) is 0.630. The molecule has 0 amide bonds. The van der Waals surface area contributed by atoms with Gasteiger partial charge in [0.05, 0.1) is 5.51 Å². The Bertz CT molecular complexity index is 279. The second kappa shape index (κ2) is 9.51. The fraction of sp³-hybridized carbons (Fsp3) is 0.800. The number of rotatable bonds is 10. The molecule has 3 heteroatoms. The Morgan fingerprint density at radius 1 is 1.17 bits per heavy atom. The Balaban J connectivity index is 2.61. The zero-order valence-corrected chi connectivity index (χ0v) is 12.9. The normalized spacial score (nSPS) is 13.1. The molecule has 0 saturated heterocycles. The average molecular weight is 268 g/mol. The van der Waals surface area contributed by atoms with Crippen molar-refractivity contribution in [2.75, 3.05) is 6.54 Å². The first-order valence-corrected chi connectivity index (χ1v) is 8.30. The molecule has 1 unspecified atom stereocenters. The van der Waals surface area contributed by atoms with Gasteiger partial charge in [-0.2, -0.15) is 0 Å². The maximum Gasteiger partial charge on any atom is 0.0794 e. The van der Waals surface area contributed by atoms with Crippen LogP contribution in [0.25, 0.3) is 0 Å². The highest BCUT2D eigenvalue weighted by atomic mass is 32.1. The number of aromatic nitrogens is 1. The van der Waals surface area contributed by atoms with Crippen LogP contribution in [0.3, 0.4) is 0 Å². The van der Waals surface area contributed by atoms with Gasteiger partial charge in [-0.15, -0.1) is 11.3 Å². The summed E-state index contributed by atoms with van der Waals surface area (Å²) in [6.45, 7) is 7.97. The smallest absolute Gasteiger partial charge is 0.0794 e. The number of nitrogens with one attached hydrogen (secondary N) is 1. The summed E-state index contributed by atoms with van der Waals surface area (Å²) in [6.07, 6.45) is 9.65. The van der Waals surface area contributed by atoms with E-state index >= 15 is 0 Å². The van der Waals surface area contributed by atoms with Crippen molar-refractivity contribution in [3.63, 3.8) is 0 Å². The third-order valence-electron chi connectivity index (χ3n) is 3.45. The van der Waals surface area contributed by atoms with E-state index in [2.05, 4.69) is 31.1 Å². The zero-order valence-electron chi connectivity index (χ0n) is 12.1. The summed E-state index contributed by atoms with van der Waals surface area (Å²) < 4.78 is 0. The fourth-order valence-electron chi connectivity index (χ4n) is 2.58. The summed E-state index contributed by atoms with van der Waals surface area (Å²) in [4.78, 5) is 5.61. The van der Waals surface area contributed by atoms with Gasteiger partial charge in [0.15, 0.2) is 0 Å². The van der Waals surface area contributed by atoms with Gasteiger partial charge in [0, 0.05) is 17.1 Å². The van der Waals surface area contributed by atoms with E-state index in [1.165, 1.54) is 37.0 Å². The van der Waals surface area contributed by atoms with E-state index in [9.17, 15) is 0 Å². The molecule has 1 N–H and O–H groups in total. The highest BCUT2D eigenvalue weighted by Crippen LogP contribution is 2.22. The van der Waals surface area contributed by atoms with Crippen molar-refractivity contribution >= 4 is 11.3 Å². The van der Waals surface area contributed by atoms with Gasteiger partial charge in [-0.25, -0.2) is 0 Å². The topological polar surface area (TPSA) is 24.9 Å². The molecule has 1 rings (SSSR count). The SMILES string of the molecule is CCCNC(Cc1cncs1)C(CCC)CCC. The summed E-state index contributed by atoms with van der Waals surface area (Å²) >= 11 is 1.79. The largest absolute Gasteiger partial charge is 0.313 e. The van der Waals surface area contributed by atoms with Crippen LogP contribution in [0.15, 0.2) is 11.7 Å². The second-order valence-electron chi connectivity index (χ2n) is 5.07. The van der Waals surface area contributed by atoms with Crippen LogP contribution in [0.5, 0.6) is 0 Å². The number of nitrogens with zero attached hydrogens (tertiary/aromatic N) is 1. The van der Waals surface area contributed by atoms with E-state index in [0.717, 1.165) is 18.9 Å². The molecule has 0 spiro atoms. The second-order valence-corrected chi connectivity index (χ2v) is 6.04. The third kappa shape index (κ3) is 5.49. The monoisotopic (exact) mass is 268 g/mol. The molecule has 1 aromatic rings. The molecule has 0 bridgehead atoms. The molecule has 2 nitrogen and oxygen atoms in total. The predicted octanol–water partition coefficient (Wildman–Crippen LogP) is 4.27. The Morgan fingerprint density at radius 2 is 1.89 bits per heavy atom. The van der Waals surface area contributed by atoms with Crippen molar-refractivity contribution < 1.29 is 0 Å². The van der Waals surface area contributed by atoms with E-state index in [1.807, 2.05) is 11.7 Å². The third-order valence-corrected chi connectivity index (χ3v) is 4.25. The van der Waals surface area contributed by atoms with E-state index in [-0.39, 0.29) is 0 Å². The molecule has 0 radical (unpaired) electrons. The van der Waals surface area contributed by atoms with E-state index in [1.54, 1.807) is 11.3 Å². The summed E-state index contributed by atoms with van der Waals surface area (Å²) in [5.74, 6) is 0.814. The van der Waals surface area contributed by atoms with Crippen molar-refractivity contribution in [3.8, 4) is 0 Å². The predicted molar refractivity (Wildman–Crippen MR) is 81.2 cm³/mol. The quantitative estimate of drug-likeness (QED) is 0.685. The maximum atomic E-state index is 4.20. The maximum absolute atomic E-state index is 4.20. The number of thiazole rings is 1. The summed E-state index contributed by atoms with van der Waals surface area (Å²) in [5.41, 5.74) is 1.95. The lowest BCUT2D eigenvalue weighted by Gasteiger charge is -2.27. The highest BCUT2D eigenvalue weighted by molar-refractivity contribution is 7.09. The van der Waals surface area contributed by atoms with Crippen molar-refractivity contribution in [2.24, 2.45) is 5.92 Å². The van der Waals surface area contributed by atoms with Gasteiger partial charge in [-0.05, 0) is 38.1 Å². The first-order chi connectivity index (χ1) is 8.81. The highest BCUT2D eigenvalue weighted by Gasteiger charge is 2.20. The van der Waals surface area contributed by atoms with E-state index < -0.39 is 0 Å². The molecule has 1 aromatic heterocycles. The minimum absolute atomic E-state index is 0.630. The van der Waals surface area contributed by atoms with Crippen molar-refractivity contribution in [3.05, 3.63) is 16.6 Å². The first kappa shape index (κ1) is 15.6. The van der Waals surface area contributed by atoms with Crippen molar-refractivity contribution in [1.82, 2.24) is 10.3 Å². The average Bonchev–Trinajstić information content (AvgIpc) is 2.87. The van der Waals surface area contributed by atoms with Crippen LogP contribution in [0.4, 0.5) is 0 Å². The summed E-state index contributed by atoms with van der Waals surface area (Å²) in [5, 5.41) is 3.76. The molecule has 1 heterocycles.